The SMILES string of the molecule is Cc1cc(C)c(-c2cc(Oc3[c-]c(-n4c5ccc(C(C)(C)C)cc5c5cccnc54)cc(C(C)(C)C)c3)[c-]c(C3=N[C@]4(C)CCCC[C@]4(C)O3)c2)c(C)c1.[Pt+2]. The van der Waals surface area contributed by atoms with Crippen LogP contribution in [0.15, 0.2) is 77.9 Å². The molecule has 3 heterocycles. The summed E-state index contributed by atoms with van der Waals surface area (Å²) in [5.74, 6) is 1.87. The standard InChI is InChI=1S/C49H53N3O2.Pt/c1-30-21-31(2)43(32(3)22-30)33-23-34(45-51-48(10)18-12-13-19-49(48,11)54-45)25-38(24-33)53-39-27-36(47(7,8)9)26-37(29-39)52-42-17-16-35(46(4,5)6)28-41(42)40-15-14-20-50-44(40)52;/h14-17,20-24,26-28H,12-13,18-19H2,1-11H3;/q-2;+2/t48-,49+;/m1./s1. The second kappa shape index (κ2) is 13.8. The Hall–Kier alpha value is -4.21. The maximum absolute atomic E-state index is 6.92. The van der Waals surface area contributed by atoms with Gasteiger partial charge in [-0.2, -0.15) is 0 Å². The summed E-state index contributed by atoms with van der Waals surface area (Å²) in [5, 5.41) is 2.29. The molecule has 0 unspecified atom stereocenters. The first-order valence-corrected chi connectivity index (χ1v) is 19.5. The quantitative estimate of drug-likeness (QED) is 0.162. The predicted octanol–water partition coefficient (Wildman–Crippen LogP) is 12.6. The largest absolute Gasteiger partial charge is 2.00 e. The summed E-state index contributed by atoms with van der Waals surface area (Å²) in [6.45, 7) is 24.5. The van der Waals surface area contributed by atoms with E-state index in [2.05, 4.69) is 154 Å². The number of aryl methyl sites for hydroxylation is 3. The van der Waals surface area contributed by atoms with Crippen molar-refractivity contribution in [3.05, 3.63) is 118 Å². The minimum Gasteiger partial charge on any atom is -0.512 e. The fourth-order valence-electron chi connectivity index (χ4n) is 8.68. The van der Waals surface area contributed by atoms with Crippen LogP contribution in [0.25, 0.3) is 38.8 Å². The van der Waals surface area contributed by atoms with Crippen molar-refractivity contribution < 1.29 is 30.5 Å². The molecule has 1 fully saturated rings. The molecule has 1 saturated carbocycles. The molecule has 1 aliphatic heterocycles. The zero-order valence-electron chi connectivity index (χ0n) is 34.2. The minimum absolute atomic E-state index is 0. The van der Waals surface area contributed by atoms with Crippen LogP contribution in [0.3, 0.4) is 0 Å². The maximum Gasteiger partial charge on any atom is 2.00 e. The van der Waals surface area contributed by atoms with E-state index in [0.717, 1.165) is 64.6 Å². The van der Waals surface area contributed by atoms with Crippen molar-refractivity contribution in [2.45, 2.75) is 124 Å². The first kappa shape index (κ1) is 39.0. The number of fused-ring (bicyclic) bond motifs is 4. The summed E-state index contributed by atoms with van der Waals surface area (Å²) in [7, 11) is 0. The van der Waals surface area contributed by atoms with E-state index in [9.17, 15) is 0 Å². The Bertz CT molecular complexity index is 2470. The molecule has 0 N–H and O–H groups in total. The van der Waals surface area contributed by atoms with Gasteiger partial charge in [-0.15, -0.1) is 29.8 Å². The molecular weight excluding hydrogens is 858 g/mol. The Morgan fingerprint density at radius 3 is 2.15 bits per heavy atom. The molecule has 6 heteroatoms. The summed E-state index contributed by atoms with van der Waals surface area (Å²) in [5.41, 5.74) is 11.3. The molecule has 286 valence electrons. The number of aromatic nitrogens is 2. The molecule has 0 amide bonds. The smallest absolute Gasteiger partial charge is 0.512 e. The molecule has 0 bridgehead atoms. The molecule has 2 aromatic heterocycles. The van der Waals surface area contributed by atoms with Crippen LogP contribution in [-0.4, -0.2) is 26.6 Å². The summed E-state index contributed by atoms with van der Waals surface area (Å²) in [4.78, 5) is 10.2. The molecule has 0 saturated heterocycles. The van der Waals surface area contributed by atoms with Gasteiger partial charge in [0.15, 0.2) is 0 Å². The van der Waals surface area contributed by atoms with Gasteiger partial charge in [-0.3, -0.25) is 4.99 Å². The van der Waals surface area contributed by atoms with Crippen LogP contribution >= 0.6 is 0 Å². The Balaban J connectivity index is 0.00000465. The van der Waals surface area contributed by atoms with Gasteiger partial charge in [-0.05, 0) is 111 Å². The molecule has 2 aliphatic rings. The summed E-state index contributed by atoms with van der Waals surface area (Å²) < 4.78 is 16.0. The number of rotatable bonds is 5. The topological polar surface area (TPSA) is 48.6 Å². The maximum atomic E-state index is 6.92. The second-order valence-corrected chi connectivity index (χ2v) is 18.3. The molecule has 1 aliphatic carbocycles. The normalized spacial score (nSPS) is 19.9. The van der Waals surface area contributed by atoms with E-state index < -0.39 is 0 Å². The van der Waals surface area contributed by atoms with Crippen molar-refractivity contribution in [2.24, 2.45) is 4.99 Å². The van der Waals surface area contributed by atoms with Gasteiger partial charge in [0, 0.05) is 28.5 Å². The minimum atomic E-state index is -0.338. The predicted molar refractivity (Wildman–Crippen MR) is 223 cm³/mol. The number of aliphatic imine (C=N–C) groups is 1. The fourth-order valence-corrected chi connectivity index (χ4v) is 8.68. The van der Waals surface area contributed by atoms with Gasteiger partial charge < -0.3 is 14.0 Å². The number of hydrogen-bond acceptors (Lipinski definition) is 4. The van der Waals surface area contributed by atoms with Crippen molar-refractivity contribution in [1.82, 2.24) is 9.55 Å². The Morgan fingerprint density at radius 1 is 0.764 bits per heavy atom. The number of hydrogen-bond donors (Lipinski definition) is 0. The Kier molecular flexibility index (Phi) is 9.77. The van der Waals surface area contributed by atoms with Crippen LogP contribution in [0, 0.1) is 32.9 Å². The summed E-state index contributed by atoms with van der Waals surface area (Å²) in [6.07, 6.45) is 6.18. The molecule has 0 radical (unpaired) electrons. The summed E-state index contributed by atoms with van der Waals surface area (Å²) >= 11 is 0. The van der Waals surface area contributed by atoms with Crippen molar-refractivity contribution in [2.75, 3.05) is 0 Å². The molecule has 4 aromatic carbocycles. The van der Waals surface area contributed by atoms with Crippen LogP contribution in [0.5, 0.6) is 11.5 Å². The van der Waals surface area contributed by atoms with Crippen LogP contribution in [0.4, 0.5) is 0 Å². The second-order valence-electron chi connectivity index (χ2n) is 18.3. The third kappa shape index (κ3) is 6.96. The van der Waals surface area contributed by atoms with E-state index in [-0.39, 0.29) is 43.0 Å². The zero-order chi connectivity index (χ0) is 38.4. The molecule has 0 spiro atoms. The molecular formula is C49H53N3O2Pt. The van der Waals surface area contributed by atoms with E-state index in [1.54, 1.807) is 0 Å². The average Bonchev–Trinajstić information content (AvgIpc) is 3.57. The third-order valence-electron chi connectivity index (χ3n) is 12.0. The van der Waals surface area contributed by atoms with Gasteiger partial charge in [0.25, 0.3) is 0 Å². The molecule has 5 nitrogen and oxygen atoms in total. The molecule has 8 rings (SSSR count). The van der Waals surface area contributed by atoms with Crippen molar-refractivity contribution >= 4 is 27.8 Å². The van der Waals surface area contributed by atoms with E-state index >= 15 is 0 Å². The van der Waals surface area contributed by atoms with Gasteiger partial charge >= 0.3 is 21.1 Å². The van der Waals surface area contributed by atoms with Crippen molar-refractivity contribution in [1.29, 1.82) is 0 Å². The third-order valence-corrected chi connectivity index (χ3v) is 12.0. The van der Waals surface area contributed by atoms with E-state index in [4.69, 9.17) is 19.5 Å². The fraction of sp³-hybridized carbons (Fsp3) is 0.388. The van der Waals surface area contributed by atoms with Gasteiger partial charge in [-0.25, -0.2) is 4.98 Å². The van der Waals surface area contributed by atoms with Crippen LogP contribution in [0.1, 0.15) is 114 Å². The average molecular weight is 911 g/mol. The van der Waals surface area contributed by atoms with Gasteiger partial charge in [0.2, 0.25) is 0 Å². The number of ether oxygens (including phenoxy) is 2. The van der Waals surface area contributed by atoms with E-state index in [1.807, 2.05) is 12.3 Å². The summed E-state index contributed by atoms with van der Waals surface area (Å²) in [6, 6.07) is 31.4. The van der Waals surface area contributed by atoms with E-state index in [1.165, 1.54) is 33.2 Å². The first-order chi connectivity index (χ1) is 25.4. The van der Waals surface area contributed by atoms with Crippen LogP contribution < -0.4 is 4.74 Å². The van der Waals surface area contributed by atoms with Gasteiger partial charge in [-0.1, -0.05) is 101 Å². The van der Waals surface area contributed by atoms with Gasteiger partial charge in [0.05, 0.1) is 11.1 Å². The number of nitrogens with zero attached hydrogens (tertiary/aromatic N) is 3. The van der Waals surface area contributed by atoms with E-state index in [0.29, 0.717) is 17.4 Å². The van der Waals surface area contributed by atoms with Crippen LogP contribution in [0.2, 0.25) is 0 Å². The molecule has 55 heavy (non-hydrogen) atoms. The Morgan fingerprint density at radius 2 is 1.45 bits per heavy atom. The van der Waals surface area contributed by atoms with Crippen molar-refractivity contribution in [3.8, 4) is 28.3 Å². The Labute approximate surface area is 341 Å². The zero-order valence-corrected chi connectivity index (χ0v) is 36.5. The van der Waals surface area contributed by atoms with Crippen molar-refractivity contribution in [3.63, 3.8) is 0 Å². The molecule has 2 atom stereocenters. The monoisotopic (exact) mass is 910 g/mol. The number of benzene rings is 4. The molecule has 6 aromatic rings. The van der Waals surface area contributed by atoms with Crippen LogP contribution in [-0.2, 0) is 36.6 Å². The number of pyridine rings is 1. The first-order valence-electron chi connectivity index (χ1n) is 19.5. The van der Waals surface area contributed by atoms with Gasteiger partial charge in [0.1, 0.15) is 17.1 Å².